The summed E-state index contributed by atoms with van der Waals surface area (Å²) in [5.41, 5.74) is 3.04. The number of rotatable bonds is 7. The van der Waals surface area contributed by atoms with Crippen molar-refractivity contribution in [2.24, 2.45) is 0 Å². The van der Waals surface area contributed by atoms with E-state index in [9.17, 15) is 8.42 Å². The molecule has 0 bridgehead atoms. The molecule has 5 nitrogen and oxygen atoms in total. The number of sulfonamides is 1. The summed E-state index contributed by atoms with van der Waals surface area (Å²) in [6.07, 6.45) is 0. The lowest BCUT2D eigenvalue weighted by atomic mass is 10.1. The van der Waals surface area contributed by atoms with Crippen LogP contribution in [0.5, 0.6) is 0 Å². The van der Waals surface area contributed by atoms with Gasteiger partial charge in [0.15, 0.2) is 0 Å². The molecule has 2 heterocycles. The standard InChI is InChI=1S/C18H24N2O3S2/c1-15-3-2-4-16(11-15)14-25(21,22)19-12-18(17-5-10-24-13-17)20-6-8-23-9-7-20/h2-5,10-11,13,18-19H,6-9,12,14H2,1H3. The quantitative estimate of drug-likeness (QED) is 0.802. The molecule has 1 N–H and O–H groups in total. The summed E-state index contributed by atoms with van der Waals surface area (Å²) >= 11 is 1.63. The molecule has 1 aromatic heterocycles. The maximum Gasteiger partial charge on any atom is 0.215 e. The number of aryl methyl sites for hydroxylation is 1. The van der Waals surface area contributed by atoms with Gasteiger partial charge in [-0.1, -0.05) is 29.8 Å². The van der Waals surface area contributed by atoms with Gasteiger partial charge in [-0.05, 0) is 34.9 Å². The monoisotopic (exact) mass is 380 g/mol. The van der Waals surface area contributed by atoms with Crippen LogP contribution in [0.4, 0.5) is 0 Å². The molecule has 1 aromatic carbocycles. The summed E-state index contributed by atoms with van der Waals surface area (Å²) in [6.45, 7) is 5.37. The van der Waals surface area contributed by atoms with Crippen molar-refractivity contribution in [3.05, 3.63) is 57.8 Å². The van der Waals surface area contributed by atoms with Gasteiger partial charge in [0.1, 0.15) is 0 Å². The highest BCUT2D eigenvalue weighted by Crippen LogP contribution is 2.23. The maximum absolute atomic E-state index is 12.5. The highest BCUT2D eigenvalue weighted by molar-refractivity contribution is 7.88. The van der Waals surface area contributed by atoms with Gasteiger partial charge in [0.25, 0.3) is 0 Å². The number of ether oxygens (including phenoxy) is 1. The second-order valence-electron chi connectivity index (χ2n) is 6.32. The first-order chi connectivity index (χ1) is 12.0. The molecule has 7 heteroatoms. The van der Waals surface area contributed by atoms with Crippen LogP contribution in [0.15, 0.2) is 41.1 Å². The Morgan fingerprint density at radius 2 is 2.08 bits per heavy atom. The van der Waals surface area contributed by atoms with Gasteiger partial charge in [0, 0.05) is 25.7 Å². The van der Waals surface area contributed by atoms with Crippen LogP contribution in [-0.2, 0) is 20.5 Å². The van der Waals surface area contributed by atoms with Gasteiger partial charge in [0.05, 0.1) is 19.0 Å². The van der Waals surface area contributed by atoms with Crippen LogP contribution >= 0.6 is 11.3 Å². The van der Waals surface area contributed by atoms with Crippen LogP contribution in [-0.4, -0.2) is 46.2 Å². The fourth-order valence-electron chi connectivity index (χ4n) is 3.09. The first-order valence-corrected chi connectivity index (χ1v) is 11.0. The van der Waals surface area contributed by atoms with E-state index in [-0.39, 0.29) is 11.8 Å². The van der Waals surface area contributed by atoms with Crippen molar-refractivity contribution in [3.8, 4) is 0 Å². The Balaban J connectivity index is 1.67. The molecule has 25 heavy (non-hydrogen) atoms. The average molecular weight is 381 g/mol. The second kappa shape index (κ2) is 8.42. The van der Waals surface area contributed by atoms with E-state index in [1.807, 2.05) is 36.6 Å². The van der Waals surface area contributed by atoms with Crippen LogP contribution in [0.1, 0.15) is 22.7 Å². The minimum Gasteiger partial charge on any atom is -0.379 e. The highest BCUT2D eigenvalue weighted by atomic mass is 32.2. The molecule has 2 aromatic rings. The van der Waals surface area contributed by atoms with Crippen molar-refractivity contribution < 1.29 is 13.2 Å². The van der Waals surface area contributed by atoms with E-state index < -0.39 is 10.0 Å². The zero-order valence-corrected chi connectivity index (χ0v) is 16.0. The number of thiophene rings is 1. The van der Waals surface area contributed by atoms with Gasteiger partial charge in [-0.25, -0.2) is 13.1 Å². The van der Waals surface area contributed by atoms with Gasteiger partial charge in [-0.3, -0.25) is 4.90 Å². The average Bonchev–Trinajstić information content (AvgIpc) is 3.10. The summed E-state index contributed by atoms with van der Waals surface area (Å²) in [7, 11) is -3.38. The number of benzene rings is 1. The van der Waals surface area contributed by atoms with Crippen molar-refractivity contribution in [2.45, 2.75) is 18.7 Å². The van der Waals surface area contributed by atoms with Crippen LogP contribution in [0.25, 0.3) is 0 Å². The lowest BCUT2D eigenvalue weighted by Gasteiger charge is -2.34. The number of morpholine rings is 1. The fourth-order valence-corrected chi connectivity index (χ4v) is 4.93. The molecule has 0 amide bonds. The van der Waals surface area contributed by atoms with E-state index in [1.54, 1.807) is 11.3 Å². The van der Waals surface area contributed by atoms with E-state index >= 15 is 0 Å². The van der Waals surface area contributed by atoms with Gasteiger partial charge >= 0.3 is 0 Å². The molecule has 3 rings (SSSR count). The summed E-state index contributed by atoms with van der Waals surface area (Å²) in [5.74, 6) is 0.00808. The third-order valence-corrected chi connectivity index (χ3v) is 6.37. The summed E-state index contributed by atoms with van der Waals surface area (Å²) in [4.78, 5) is 2.29. The molecule has 0 radical (unpaired) electrons. The predicted molar refractivity (Wildman–Crippen MR) is 101 cm³/mol. The van der Waals surface area contributed by atoms with Crippen molar-refractivity contribution in [1.29, 1.82) is 0 Å². The minimum absolute atomic E-state index is 0.00808. The van der Waals surface area contributed by atoms with Crippen molar-refractivity contribution in [1.82, 2.24) is 9.62 Å². The number of nitrogens with zero attached hydrogens (tertiary/aromatic N) is 1. The first kappa shape index (κ1) is 18.5. The largest absolute Gasteiger partial charge is 0.379 e. The van der Waals surface area contributed by atoms with Crippen molar-refractivity contribution in [3.63, 3.8) is 0 Å². The number of nitrogens with one attached hydrogen (secondary N) is 1. The third-order valence-electron chi connectivity index (χ3n) is 4.35. The second-order valence-corrected chi connectivity index (χ2v) is 8.90. The van der Waals surface area contributed by atoms with E-state index in [2.05, 4.69) is 21.1 Å². The molecule has 0 saturated carbocycles. The predicted octanol–water partition coefficient (Wildman–Crippen LogP) is 2.55. The molecule has 0 spiro atoms. The number of hydrogen-bond donors (Lipinski definition) is 1. The topological polar surface area (TPSA) is 58.6 Å². The Morgan fingerprint density at radius 1 is 1.28 bits per heavy atom. The van der Waals surface area contributed by atoms with Crippen LogP contribution in [0.2, 0.25) is 0 Å². The van der Waals surface area contributed by atoms with Crippen LogP contribution in [0, 0.1) is 6.92 Å². The summed E-state index contributed by atoms with van der Waals surface area (Å²) < 4.78 is 33.3. The van der Waals surface area contributed by atoms with Gasteiger partial charge in [-0.2, -0.15) is 11.3 Å². The molecule has 1 unspecified atom stereocenters. The highest BCUT2D eigenvalue weighted by Gasteiger charge is 2.24. The molecule has 136 valence electrons. The molecule has 0 aliphatic carbocycles. The molecular formula is C18H24N2O3S2. The van der Waals surface area contributed by atoms with Crippen LogP contribution in [0.3, 0.4) is 0 Å². The lowest BCUT2D eigenvalue weighted by Crippen LogP contribution is -2.43. The van der Waals surface area contributed by atoms with Gasteiger partial charge < -0.3 is 4.74 Å². The van der Waals surface area contributed by atoms with Crippen molar-refractivity contribution >= 4 is 21.4 Å². The van der Waals surface area contributed by atoms with Gasteiger partial charge in [-0.15, -0.1) is 0 Å². The third kappa shape index (κ3) is 5.36. The molecular weight excluding hydrogens is 356 g/mol. The Hall–Kier alpha value is -1.25. The van der Waals surface area contributed by atoms with Gasteiger partial charge in [0.2, 0.25) is 10.0 Å². The van der Waals surface area contributed by atoms with E-state index in [1.165, 1.54) is 0 Å². The van der Waals surface area contributed by atoms with E-state index in [0.717, 1.165) is 29.8 Å². The Labute approximate surface area is 153 Å². The molecule has 1 aliphatic rings. The smallest absolute Gasteiger partial charge is 0.215 e. The fraction of sp³-hybridized carbons (Fsp3) is 0.444. The molecule has 1 fully saturated rings. The summed E-state index contributed by atoms with van der Waals surface area (Å²) in [6, 6.07) is 9.74. The SMILES string of the molecule is Cc1cccc(CS(=O)(=O)NCC(c2ccsc2)N2CCOCC2)c1. The zero-order valence-electron chi connectivity index (χ0n) is 14.3. The van der Waals surface area contributed by atoms with E-state index in [0.29, 0.717) is 19.8 Å². The molecule has 1 aliphatic heterocycles. The number of hydrogen-bond acceptors (Lipinski definition) is 5. The Bertz CT molecular complexity index is 769. The normalized spacial score (nSPS) is 17.5. The van der Waals surface area contributed by atoms with E-state index in [4.69, 9.17) is 4.74 Å². The Morgan fingerprint density at radius 3 is 2.76 bits per heavy atom. The van der Waals surface area contributed by atoms with Crippen LogP contribution < -0.4 is 4.72 Å². The zero-order chi connectivity index (χ0) is 17.7. The maximum atomic E-state index is 12.5. The molecule has 1 saturated heterocycles. The first-order valence-electron chi connectivity index (χ1n) is 8.40. The lowest BCUT2D eigenvalue weighted by molar-refractivity contribution is 0.0173. The Kier molecular flexibility index (Phi) is 6.24. The summed E-state index contributed by atoms with van der Waals surface area (Å²) in [5, 5.41) is 4.12. The van der Waals surface area contributed by atoms with Crippen molar-refractivity contribution in [2.75, 3.05) is 32.8 Å². The minimum atomic E-state index is -3.38. The molecule has 1 atom stereocenters.